The summed E-state index contributed by atoms with van der Waals surface area (Å²) in [6, 6.07) is 22.7. The molecule has 0 radical (unpaired) electrons. The molecule has 0 aliphatic heterocycles. The Morgan fingerprint density at radius 2 is 1.78 bits per heavy atom. The molecule has 1 heterocycles. The van der Waals surface area contributed by atoms with Crippen LogP contribution in [0.4, 0.5) is 5.69 Å². The Hall–Kier alpha value is -2.65. The van der Waals surface area contributed by atoms with Crippen molar-refractivity contribution in [3.63, 3.8) is 0 Å². The van der Waals surface area contributed by atoms with E-state index in [4.69, 9.17) is 4.98 Å². The third-order valence-corrected chi connectivity index (χ3v) is 6.61. The molecule has 0 unspecified atom stereocenters. The van der Waals surface area contributed by atoms with Gasteiger partial charge in [-0.05, 0) is 76.5 Å². The summed E-state index contributed by atoms with van der Waals surface area (Å²) in [6.45, 7) is 4.21. The van der Waals surface area contributed by atoms with E-state index < -0.39 is 0 Å². The number of amides is 1. The average Bonchev–Trinajstić information content (AvgIpc) is 2.79. The van der Waals surface area contributed by atoms with Crippen LogP contribution in [0.25, 0.3) is 16.6 Å². The van der Waals surface area contributed by atoms with Crippen molar-refractivity contribution >= 4 is 56.9 Å². The summed E-state index contributed by atoms with van der Waals surface area (Å²) in [4.78, 5) is 30.7. The van der Waals surface area contributed by atoms with Crippen LogP contribution in [-0.4, -0.2) is 21.2 Å². The standard InChI is InChI=1S/C25H22IN3O2S/c1-16(2)20-14-17(26)12-13-22(20)27-23(30)15-32-25-28-21-11-7-6-10-19(21)24(31)29(25)18-8-4-3-5-9-18/h3-14,16H,15H2,1-2H3,(H,27,30). The monoisotopic (exact) mass is 555 g/mol. The Bertz CT molecular complexity index is 1340. The number of nitrogens with zero attached hydrogens (tertiary/aromatic N) is 2. The van der Waals surface area contributed by atoms with Crippen LogP contribution in [-0.2, 0) is 4.79 Å². The van der Waals surface area contributed by atoms with Crippen LogP contribution < -0.4 is 10.9 Å². The highest BCUT2D eigenvalue weighted by Crippen LogP contribution is 2.27. The van der Waals surface area contributed by atoms with Crippen molar-refractivity contribution in [2.24, 2.45) is 0 Å². The maximum atomic E-state index is 13.2. The Balaban J connectivity index is 1.64. The van der Waals surface area contributed by atoms with Crippen molar-refractivity contribution in [1.82, 2.24) is 9.55 Å². The molecule has 4 aromatic rings. The van der Waals surface area contributed by atoms with E-state index in [1.807, 2.05) is 60.7 Å². The molecule has 162 valence electrons. The maximum Gasteiger partial charge on any atom is 0.266 e. The highest BCUT2D eigenvalue weighted by Gasteiger charge is 2.16. The SMILES string of the molecule is CC(C)c1cc(I)ccc1NC(=O)CSc1nc2ccccc2c(=O)n1-c1ccccc1. The molecular formula is C25H22IN3O2S. The van der Waals surface area contributed by atoms with Gasteiger partial charge in [0.15, 0.2) is 5.16 Å². The van der Waals surface area contributed by atoms with Crippen molar-refractivity contribution in [1.29, 1.82) is 0 Å². The van der Waals surface area contributed by atoms with Crippen LogP contribution in [0, 0.1) is 3.57 Å². The number of hydrogen-bond acceptors (Lipinski definition) is 4. The lowest BCUT2D eigenvalue weighted by molar-refractivity contribution is -0.113. The molecule has 0 saturated heterocycles. The fourth-order valence-electron chi connectivity index (χ4n) is 3.46. The minimum atomic E-state index is -0.149. The van der Waals surface area contributed by atoms with Gasteiger partial charge in [-0.3, -0.25) is 14.2 Å². The molecule has 0 spiro atoms. The van der Waals surface area contributed by atoms with E-state index in [1.54, 1.807) is 10.6 Å². The Morgan fingerprint density at radius 1 is 1.06 bits per heavy atom. The normalized spacial score (nSPS) is 11.1. The van der Waals surface area contributed by atoms with Gasteiger partial charge in [-0.25, -0.2) is 4.98 Å². The van der Waals surface area contributed by atoms with Gasteiger partial charge >= 0.3 is 0 Å². The third kappa shape index (κ3) is 4.88. The lowest BCUT2D eigenvalue weighted by atomic mass is 10.0. The molecule has 0 fully saturated rings. The van der Waals surface area contributed by atoms with E-state index in [9.17, 15) is 9.59 Å². The molecule has 0 atom stereocenters. The lowest BCUT2D eigenvalue weighted by Gasteiger charge is -2.15. The number of aromatic nitrogens is 2. The molecule has 0 aliphatic rings. The first-order valence-electron chi connectivity index (χ1n) is 10.2. The summed E-state index contributed by atoms with van der Waals surface area (Å²) < 4.78 is 2.70. The van der Waals surface area contributed by atoms with Crippen molar-refractivity contribution < 1.29 is 4.79 Å². The summed E-state index contributed by atoms with van der Waals surface area (Å²) in [5.74, 6) is 0.291. The van der Waals surface area contributed by atoms with Crippen LogP contribution in [0.5, 0.6) is 0 Å². The summed E-state index contributed by atoms with van der Waals surface area (Å²) in [5, 5.41) is 4.06. The molecule has 7 heteroatoms. The second-order valence-corrected chi connectivity index (χ2v) is 9.80. The van der Waals surface area contributed by atoms with Crippen molar-refractivity contribution in [3.8, 4) is 5.69 Å². The van der Waals surface area contributed by atoms with E-state index in [0.717, 1.165) is 20.5 Å². The number of hydrogen-bond donors (Lipinski definition) is 1. The first-order chi connectivity index (χ1) is 15.4. The Morgan fingerprint density at radius 3 is 2.53 bits per heavy atom. The van der Waals surface area contributed by atoms with Gasteiger partial charge in [0, 0.05) is 9.26 Å². The van der Waals surface area contributed by atoms with Crippen LogP contribution in [0.1, 0.15) is 25.3 Å². The van der Waals surface area contributed by atoms with Gasteiger partial charge in [0.1, 0.15) is 0 Å². The van der Waals surface area contributed by atoms with Crippen molar-refractivity contribution in [2.45, 2.75) is 24.9 Å². The number of carbonyl (C=O) groups is 1. The van der Waals surface area contributed by atoms with E-state index in [-0.39, 0.29) is 23.1 Å². The number of fused-ring (bicyclic) bond motifs is 1. The highest BCUT2D eigenvalue weighted by molar-refractivity contribution is 14.1. The number of nitrogens with one attached hydrogen (secondary N) is 1. The molecule has 1 aromatic heterocycles. The second-order valence-electron chi connectivity index (χ2n) is 7.61. The zero-order chi connectivity index (χ0) is 22.7. The van der Waals surface area contributed by atoms with E-state index >= 15 is 0 Å². The number of rotatable bonds is 6. The molecule has 5 nitrogen and oxygen atoms in total. The van der Waals surface area contributed by atoms with Gasteiger partial charge in [0.25, 0.3) is 5.56 Å². The molecule has 0 bridgehead atoms. The van der Waals surface area contributed by atoms with Crippen molar-refractivity contribution in [3.05, 3.63) is 92.3 Å². The summed E-state index contributed by atoms with van der Waals surface area (Å²) in [6.07, 6.45) is 0. The van der Waals surface area contributed by atoms with Crippen LogP contribution in [0.15, 0.2) is 82.7 Å². The minimum Gasteiger partial charge on any atom is -0.325 e. The highest BCUT2D eigenvalue weighted by atomic mass is 127. The number of carbonyl (C=O) groups excluding carboxylic acids is 1. The topological polar surface area (TPSA) is 64.0 Å². The fourth-order valence-corrected chi connectivity index (χ4v) is 4.78. The smallest absolute Gasteiger partial charge is 0.266 e. The quantitative estimate of drug-likeness (QED) is 0.184. The fraction of sp³-hybridized carbons (Fsp3) is 0.160. The van der Waals surface area contributed by atoms with Crippen LogP contribution in [0.3, 0.4) is 0 Å². The number of para-hydroxylation sites is 2. The van der Waals surface area contributed by atoms with Gasteiger partial charge in [-0.1, -0.05) is 55.9 Å². The molecule has 0 saturated carbocycles. The molecule has 1 amide bonds. The number of thioether (sulfide) groups is 1. The largest absolute Gasteiger partial charge is 0.325 e. The Kier molecular flexibility index (Phi) is 6.95. The van der Waals surface area contributed by atoms with Crippen molar-refractivity contribution in [2.75, 3.05) is 11.1 Å². The van der Waals surface area contributed by atoms with Gasteiger partial charge in [0.05, 0.1) is 22.3 Å². The molecular weight excluding hydrogens is 533 g/mol. The summed E-state index contributed by atoms with van der Waals surface area (Å²) in [7, 11) is 0. The molecule has 3 aromatic carbocycles. The molecule has 32 heavy (non-hydrogen) atoms. The van der Waals surface area contributed by atoms with E-state index in [2.05, 4.69) is 47.8 Å². The zero-order valence-electron chi connectivity index (χ0n) is 17.7. The Labute approximate surface area is 204 Å². The molecule has 1 N–H and O–H groups in total. The third-order valence-electron chi connectivity index (χ3n) is 5.00. The first-order valence-corrected chi connectivity index (χ1v) is 12.3. The van der Waals surface area contributed by atoms with E-state index in [1.165, 1.54) is 11.8 Å². The summed E-state index contributed by atoms with van der Waals surface area (Å²) in [5.41, 5.74) is 3.10. The average molecular weight is 555 g/mol. The predicted octanol–water partition coefficient (Wildman–Crippen LogP) is 5.84. The predicted molar refractivity (Wildman–Crippen MR) is 140 cm³/mol. The van der Waals surface area contributed by atoms with E-state index in [0.29, 0.717) is 16.1 Å². The first kappa shape index (κ1) is 22.5. The maximum absolute atomic E-state index is 13.2. The van der Waals surface area contributed by atoms with Crippen LogP contribution in [0.2, 0.25) is 0 Å². The number of benzene rings is 3. The number of halogens is 1. The second kappa shape index (κ2) is 9.87. The zero-order valence-corrected chi connectivity index (χ0v) is 20.7. The minimum absolute atomic E-state index is 0.139. The summed E-state index contributed by atoms with van der Waals surface area (Å²) >= 11 is 3.53. The molecule has 0 aliphatic carbocycles. The van der Waals surface area contributed by atoms with Gasteiger partial charge < -0.3 is 5.32 Å². The lowest BCUT2D eigenvalue weighted by Crippen LogP contribution is -2.23. The van der Waals surface area contributed by atoms with Gasteiger partial charge in [-0.15, -0.1) is 0 Å². The molecule has 4 rings (SSSR count). The number of anilines is 1. The van der Waals surface area contributed by atoms with Gasteiger partial charge in [-0.2, -0.15) is 0 Å². The van der Waals surface area contributed by atoms with Crippen LogP contribution >= 0.6 is 34.4 Å². The van der Waals surface area contributed by atoms with Gasteiger partial charge in [0.2, 0.25) is 5.91 Å².